The normalized spacial score (nSPS) is 18.7. The summed E-state index contributed by atoms with van der Waals surface area (Å²) in [6.07, 6.45) is 2.19. The van der Waals surface area contributed by atoms with E-state index in [2.05, 4.69) is 10.0 Å². The molecule has 1 aliphatic rings. The molecule has 1 rings (SSSR count). The summed E-state index contributed by atoms with van der Waals surface area (Å²) in [5.41, 5.74) is 0. The average molecular weight is 248 g/mol. The Morgan fingerprint density at radius 2 is 1.94 bits per heavy atom. The summed E-state index contributed by atoms with van der Waals surface area (Å²) < 4.78 is 25.0. The predicted octanol–water partition coefficient (Wildman–Crippen LogP) is 0.231. The first-order valence-corrected chi connectivity index (χ1v) is 7.21. The van der Waals surface area contributed by atoms with Crippen molar-refractivity contribution in [2.75, 3.05) is 13.1 Å². The molecule has 2 N–H and O–H groups in total. The molecule has 0 atom stereocenters. The van der Waals surface area contributed by atoms with Gasteiger partial charge in [0.1, 0.15) is 0 Å². The van der Waals surface area contributed by atoms with E-state index in [4.69, 9.17) is 0 Å². The molecule has 0 saturated carbocycles. The van der Waals surface area contributed by atoms with Crippen LogP contribution in [0.2, 0.25) is 0 Å². The van der Waals surface area contributed by atoms with Gasteiger partial charge in [-0.25, -0.2) is 8.42 Å². The standard InChI is InChI=1S/C10H20N2O3S/c1-8(2)16(14,15)12-10(13)7-9-3-5-11-6-4-9/h8-9,11H,3-7H2,1-2H3,(H,12,13). The molecule has 0 aromatic rings. The summed E-state index contributed by atoms with van der Waals surface area (Å²) in [6.45, 7) is 4.93. The van der Waals surface area contributed by atoms with Gasteiger partial charge < -0.3 is 5.32 Å². The first-order chi connectivity index (χ1) is 7.42. The third-order valence-electron chi connectivity index (χ3n) is 2.81. The van der Waals surface area contributed by atoms with Crippen molar-refractivity contribution < 1.29 is 13.2 Å². The van der Waals surface area contributed by atoms with Gasteiger partial charge in [0.05, 0.1) is 5.25 Å². The minimum absolute atomic E-state index is 0.309. The summed E-state index contributed by atoms with van der Waals surface area (Å²) in [5.74, 6) is -0.0655. The first kappa shape index (κ1) is 13.4. The third-order valence-corrected chi connectivity index (χ3v) is 4.56. The third kappa shape index (κ3) is 4.09. The second kappa shape index (κ2) is 5.63. The number of hydrogen-bond acceptors (Lipinski definition) is 4. The Kier molecular flexibility index (Phi) is 4.73. The fourth-order valence-electron chi connectivity index (χ4n) is 1.67. The van der Waals surface area contributed by atoms with Crippen molar-refractivity contribution >= 4 is 15.9 Å². The maximum absolute atomic E-state index is 11.5. The minimum Gasteiger partial charge on any atom is -0.317 e. The zero-order valence-corrected chi connectivity index (χ0v) is 10.6. The van der Waals surface area contributed by atoms with Gasteiger partial charge in [0.2, 0.25) is 15.9 Å². The monoisotopic (exact) mass is 248 g/mol. The van der Waals surface area contributed by atoms with Crippen molar-refractivity contribution in [1.29, 1.82) is 0 Å². The number of nitrogens with one attached hydrogen (secondary N) is 2. The molecule has 1 aliphatic heterocycles. The van der Waals surface area contributed by atoms with Crippen molar-refractivity contribution in [2.24, 2.45) is 5.92 Å². The lowest BCUT2D eigenvalue weighted by Crippen LogP contribution is -2.38. The highest BCUT2D eigenvalue weighted by Gasteiger charge is 2.22. The lowest BCUT2D eigenvalue weighted by atomic mass is 9.94. The summed E-state index contributed by atoms with van der Waals surface area (Å²) in [4.78, 5) is 11.5. The van der Waals surface area contributed by atoms with Gasteiger partial charge in [0, 0.05) is 6.42 Å². The zero-order valence-electron chi connectivity index (χ0n) is 9.82. The molecule has 5 nitrogen and oxygen atoms in total. The van der Waals surface area contributed by atoms with Gasteiger partial charge in [-0.2, -0.15) is 0 Å². The number of amides is 1. The van der Waals surface area contributed by atoms with E-state index >= 15 is 0 Å². The molecule has 0 aliphatic carbocycles. The van der Waals surface area contributed by atoms with Crippen molar-refractivity contribution in [3.05, 3.63) is 0 Å². The Balaban J connectivity index is 2.41. The van der Waals surface area contributed by atoms with E-state index in [0.29, 0.717) is 12.3 Å². The topological polar surface area (TPSA) is 75.3 Å². The lowest BCUT2D eigenvalue weighted by Gasteiger charge is -2.22. The molecule has 0 bridgehead atoms. The Labute approximate surface area is 97.0 Å². The van der Waals surface area contributed by atoms with E-state index in [0.717, 1.165) is 25.9 Å². The molecular weight excluding hydrogens is 228 g/mol. The van der Waals surface area contributed by atoms with Gasteiger partial charge in [0.25, 0.3) is 0 Å². The first-order valence-electron chi connectivity index (χ1n) is 5.67. The van der Waals surface area contributed by atoms with Crippen LogP contribution in [0.4, 0.5) is 0 Å². The zero-order chi connectivity index (χ0) is 12.2. The van der Waals surface area contributed by atoms with Gasteiger partial charge in [-0.05, 0) is 45.7 Å². The van der Waals surface area contributed by atoms with Gasteiger partial charge in [0.15, 0.2) is 0 Å². The Bertz CT molecular complexity index is 332. The van der Waals surface area contributed by atoms with Crippen LogP contribution in [0.15, 0.2) is 0 Å². The van der Waals surface area contributed by atoms with Crippen LogP contribution < -0.4 is 10.0 Å². The van der Waals surface area contributed by atoms with E-state index in [-0.39, 0.29) is 5.91 Å². The van der Waals surface area contributed by atoms with E-state index < -0.39 is 15.3 Å². The SMILES string of the molecule is CC(C)S(=O)(=O)NC(=O)CC1CCNCC1. The summed E-state index contributed by atoms with van der Waals surface area (Å²) in [6, 6.07) is 0. The molecule has 1 amide bonds. The molecule has 0 aromatic carbocycles. The smallest absolute Gasteiger partial charge is 0.237 e. The largest absolute Gasteiger partial charge is 0.317 e. The number of piperidine rings is 1. The summed E-state index contributed by atoms with van der Waals surface area (Å²) >= 11 is 0. The maximum Gasteiger partial charge on any atom is 0.237 e. The number of rotatable bonds is 4. The highest BCUT2D eigenvalue weighted by molar-refractivity contribution is 7.90. The lowest BCUT2D eigenvalue weighted by molar-refractivity contribution is -0.120. The molecule has 0 unspecified atom stereocenters. The quantitative estimate of drug-likeness (QED) is 0.747. The molecule has 6 heteroatoms. The Morgan fingerprint density at radius 3 is 2.44 bits per heavy atom. The van der Waals surface area contributed by atoms with Gasteiger partial charge in [-0.3, -0.25) is 9.52 Å². The fourth-order valence-corrected chi connectivity index (χ4v) is 2.30. The van der Waals surface area contributed by atoms with Crippen LogP contribution in [0.3, 0.4) is 0 Å². The summed E-state index contributed by atoms with van der Waals surface area (Å²) in [7, 11) is -3.46. The van der Waals surface area contributed by atoms with Crippen LogP contribution in [0.1, 0.15) is 33.1 Å². The van der Waals surface area contributed by atoms with Crippen molar-refractivity contribution in [3.8, 4) is 0 Å². The van der Waals surface area contributed by atoms with Crippen LogP contribution in [0, 0.1) is 5.92 Å². The second-order valence-electron chi connectivity index (χ2n) is 4.52. The maximum atomic E-state index is 11.5. The van der Waals surface area contributed by atoms with Crippen LogP contribution >= 0.6 is 0 Å². The number of sulfonamides is 1. The molecule has 1 saturated heterocycles. The van der Waals surface area contributed by atoms with Gasteiger partial charge in [-0.1, -0.05) is 0 Å². The molecule has 1 fully saturated rings. The van der Waals surface area contributed by atoms with Crippen LogP contribution in [0.5, 0.6) is 0 Å². The van der Waals surface area contributed by atoms with Crippen molar-refractivity contribution in [3.63, 3.8) is 0 Å². The van der Waals surface area contributed by atoms with E-state index in [1.165, 1.54) is 0 Å². The Hall–Kier alpha value is -0.620. The molecule has 0 radical (unpaired) electrons. The van der Waals surface area contributed by atoms with Gasteiger partial charge >= 0.3 is 0 Å². The highest BCUT2D eigenvalue weighted by atomic mass is 32.2. The molecule has 94 valence electrons. The van der Waals surface area contributed by atoms with Crippen LogP contribution in [-0.2, 0) is 14.8 Å². The predicted molar refractivity (Wildman–Crippen MR) is 62.4 cm³/mol. The molecule has 0 spiro atoms. The molecular formula is C10H20N2O3S. The number of hydrogen-bond donors (Lipinski definition) is 2. The average Bonchev–Trinajstić information content (AvgIpc) is 2.17. The molecule has 16 heavy (non-hydrogen) atoms. The minimum atomic E-state index is -3.46. The molecule has 1 heterocycles. The number of carbonyl (C=O) groups excluding carboxylic acids is 1. The van der Waals surface area contributed by atoms with E-state index in [1.807, 2.05) is 0 Å². The van der Waals surface area contributed by atoms with Crippen LogP contribution in [0.25, 0.3) is 0 Å². The summed E-state index contributed by atoms with van der Waals surface area (Å²) in [5, 5.41) is 2.64. The van der Waals surface area contributed by atoms with Crippen molar-refractivity contribution in [1.82, 2.24) is 10.0 Å². The van der Waals surface area contributed by atoms with E-state index in [1.54, 1.807) is 13.8 Å². The van der Waals surface area contributed by atoms with E-state index in [9.17, 15) is 13.2 Å². The Morgan fingerprint density at radius 1 is 1.38 bits per heavy atom. The van der Waals surface area contributed by atoms with Gasteiger partial charge in [-0.15, -0.1) is 0 Å². The van der Waals surface area contributed by atoms with Crippen LogP contribution in [-0.4, -0.2) is 32.7 Å². The highest BCUT2D eigenvalue weighted by Crippen LogP contribution is 2.15. The fraction of sp³-hybridized carbons (Fsp3) is 0.900. The molecule has 0 aromatic heterocycles. The number of carbonyl (C=O) groups is 1. The second-order valence-corrected chi connectivity index (χ2v) is 6.75. The van der Waals surface area contributed by atoms with Crippen molar-refractivity contribution in [2.45, 2.75) is 38.4 Å².